The molecule has 6 bridgehead atoms. The zero-order chi connectivity index (χ0) is 80.6. The van der Waals surface area contributed by atoms with E-state index in [0.29, 0.717) is 79.4 Å². The fraction of sp³-hybridized carbons (Fsp3) is 0.308. The second-order valence-electron chi connectivity index (χ2n) is 32.4. The van der Waals surface area contributed by atoms with Gasteiger partial charge in [0.2, 0.25) is 0 Å². The number of piperidine rings is 3. The van der Waals surface area contributed by atoms with Crippen LogP contribution in [0.1, 0.15) is 116 Å². The molecule has 0 spiro atoms. The second kappa shape index (κ2) is 33.3. The van der Waals surface area contributed by atoms with Crippen LogP contribution in [0.2, 0.25) is 0 Å². The summed E-state index contributed by atoms with van der Waals surface area (Å²) in [4.78, 5) is 80.5. The normalized spacial score (nSPS) is 19.2. The Morgan fingerprint density at radius 2 is 0.756 bits per heavy atom. The van der Waals surface area contributed by atoms with E-state index in [4.69, 9.17) is 29.9 Å². The summed E-state index contributed by atoms with van der Waals surface area (Å²) in [6, 6.07) is 46.5. The maximum atomic E-state index is 13.4. The number of H-pyrrole nitrogens is 3. The minimum atomic E-state index is -0.100. The van der Waals surface area contributed by atoms with Crippen molar-refractivity contribution in [3.8, 4) is 56.9 Å². The zero-order valence-corrected chi connectivity index (χ0v) is 68.1. The molecule has 598 valence electrons. The van der Waals surface area contributed by atoms with Crippen molar-refractivity contribution in [2.24, 2.45) is 0 Å². The van der Waals surface area contributed by atoms with E-state index in [9.17, 15) is 4.39 Å². The maximum absolute atomic E-state index is 13.4. The van der Waals surface area contributed by atoms with Gasteiger partial charge < -0.3 is 14.7 Å². The molecule has 119 heavy (non-hydrogen) atoms. The van der Waals surface area contributed by atoms with Crippen molar-refractivity contribution < 1.29 is 4.39 Å². The Kier molecular flexibility index (Phi) is 21.3. The topological polar surface area (TPSA) is 286 Å². The smallest absolute Gasteiger partial charge is 0.161 e. The number of rotatable bonds is 21. The fourth-order valence-electron chi connectivity index (χ4n) is 17.5. The summed E-state index contributed by atoms with van der Waals surface area (Å²) in [5.41, 5.74) is 25.5. The van der Waals surface area contributed by atoms with E-state index < -0.39 is 0 Å². The van der Waals surface area contributed by atoms with Crippen LogP contribution in [0.25, 0.3) is 62.5 Å². The van der Waals surface area contributed by atoms with E-state index in [2.05, 4.69) is 167 Å². The Morgan fingerprint density at radius 3 is 1.07 bits per heavy atom. The molecule has 0 aromatic carbocycles. The molecule has 9 aliphatic heterocycles. The molecule has 1 aliphatic carbocycles. The van der Waals surface area contributed by atoms with Gasteiger partial charge >= 0.3 is 0 Å². The van der Waals surface area contributed by atoms with Crippen LogP contribution in [0.4, 0.5) is 21.8 Å². The highest BCUT2D eigenvalue weighted by Gasteiger charge is 2.47. The molecule has 23 heterocycles. The van der Waals surface area contributed by atoms with Gasteiger partial charge in [-0.15, -0.1) is 11.3 Å². The highest BCUT2D eigenvalue weighted by atomic mass is 32.1. The number of pyridine rings is 7. The number of aromatic amines is 3. The van der Waals surface area contributed by atoms with Gasteiger partial charge in [-0.3, -0.25) is 49.9 Å². The number of piperazine rings is 3. The number of hydrogen-bond acceptors (Lipinski definition) is 24. The summed E-state index contributed by atoms with van der Waals surface area (Å²) in [5, 5.41) is 24.1. The number of thiazole rings is 1. The predicted molar refractivity (Wildman–Crippen MR) is 457 cm³/mol. The first kappa shape index (κ1) is 76.2. The van der Waals surface area contributed by atoms with Crippen molar-refractivity contribution in [2.75, 3.05) is 54.0 Å². The number of aromatic nitrogens is 20. The Morgan fingerprint density at radius 1 is 0.370 bits per heavy atom. The van der Waals surface area contributed by atoms with Crippen molar-refractivity contribution in [1.82, 2.24) is 115 Å². The van der Waals surface area contributed by atoms with Crippen LogP contribution in [0.15, 0.2) is 200 Å². The quantitative estimate of drug-likeness (QED) is 0.0602. The number of anilines is 3. The van der Waals surface area contributed by atoms with Gasteiger partial charge in [0.25, 0.3) is 0 Å². The molecule has 3 N–H and O–H groups in total. The molecule has 24 rings (SSSR count). The molecular weight excluding hydrogens is 1510 g/mol. The lowest BCUT2D eigenvalue weighted by molar-refractivity contribution is -0.00877. The Bertz CT molecular complexity index is 5920. The highest BCUT2D eigenvalue weighted by Crippen LogP contribution is 2.40. The van der Waals surface area contributed by atoms with Gasteiger partial charge in [-0.2, -0.15) is 15.3 Å². The third-order valence-electron chi connectivity index (χ3n) is 23.5. The van der Waals surface area contributed by atoms with Crippen LogP contribution in [-0.4, -0.2) is 191 Å². The lowest BCUT2D eigenvalue weighted by atomic mass is 9.87. The molecule has 0 radical (unpaired) electrons. The van der Waals surface area contributed by atoms with E-state index in [1.165, 1.54) is 42.0 Å². The molecule has 14 aromatic heterocycles. The average molecular weight is 1600 g/mol. The van der Waals surface area contributed by atoms with E-state index in [0.717, 1.165) is 195 Å². The van der Waals surface area contributed by atoms with Gasteiger partial charge in [0.05, 0.1) is 68.1 Å². The van der Waals surface area contributed by atoms with Gasteiger partial charge in [0.1, 0.15) is 23.3 Å². The number of allylic oxidation sites excluding steroid dienone is 4. The molecule has 6 atom stereocenters. The van der Waals surface area contributed by atoms with Gasteiger partial charge in [-0.05, 0) is 192 Å². The molecular formula is C91H91FN26S. The SMILES string of the molecule is Cc1cc(Cc2cc(C)[nH]n2)nc(-c2ccc(N3CC4CC(C3)N4Cc3ccc(-c4ccccn4)nc3)nc2)n1.Cc1cc(Cc2cc(C)[nH]n2)nc(-c2ccc(N3CC4CC(C3)N4Cc3ccc(-c4cscn4)nc3)nc2)n1.Cc1cc(Cc2cc(C)[nH]n2)nc(-c2ccc(N3CC4CC(C3)N4Cc3ccc(C4=CC=C(F)C4)nc3)nc2)n1. The summed E-state index contributed by atoms with van der Waals surface area (Å²) < 4.78 is 13.4. The van der Waals surface area contributed by atoms with Gasteiger partial charge in [-0.1, -0.05) is 30.3 Å². The Balaban J connectivity index is 0.000000118. The van der Waals surface area contributed by atoms with E-state index in [-0.39, 0.29) is 5.83 Å². The molecule has 26 nitrogen and oxygen atoms in total. The first-order valence-corrected chi connectivity index (χ1v) is 41.7. The van der Waals surface area contributed by atoms with Crippen LogP contribution >= 0.6 is 11.3 Å². The lowest BCUT2D eigenvalue weighted by Gasteiger charge is -2.56. The van der Waals surface area contributed by atoms with Gasteiger partial charge in [-0.25, -0.2) is 54.2 Å². The first-order valence-electron chi connectivity index (χ1n) is 40.8. The Labute approximate surface area is 693 Å². The van der Waals surface area contributed by atoms with Gasteiger partial charge in [0, 0.05) is 220 Å². The number of nitrogens with one attached hydrogen (secondary N) is 3. The highest BCUT2D eigenvalue weighted by molar-refractivity contribution is 7.07. The lowest BCUT2D eigenvalue weighted by Crippen LogP contribution is -2.68. The van der Waals surface area contributed by atoms with Crippen LogP contribution in [0, 0.1) is 41.5 Å². The predicted octanol–water partition coefficient (Wildman–Crippen LogP) is 13.8. The maximum Gasteiger partial charge on any atom is 0.161 e. The number of fused-ring (bicyclic) bond motifs is 6. The van der Waals surface area contributed by atoms with Crippen molar-refractivity contribution in [1.29, 1.82) is 0 Å². The number of hydrogen-bond donors (Lipinski definition) is 3. The zero-order valence-electron chi connectivity index (χ0n) is 67.3. The van der Waals surface area contributed by atoms with E-state index in [1.54, 1.807) is 17.5 Å². The Hall–Kier alpha value is -12.8. The molecule has 0 saturated carbocycles. The number of nitrogens with zero attached hydrogens (tertiary/aromatic N) is 23. The summed E-state index contributed by atoms with van der Waals surface area (Å²) in [6.45, 7) is 20.6. The van der Waals surface area contributed by atoms with Crippen molar-refractivity contribution >= 4 is 34.4 Å². The van der Waals surface area contributed by atoms with Crippen LogP contribution in [0.5, 0.6) is 0 Å². The van der Waals surface area contributed by atoms with Crippen molar-refractivity contribution in [3.05, 3.63) is 290 Å². The third-order valence-corrected chi connectivity index (χ3v) is 24.0. The summed E-state index contributed by atoms with van der Waals surface area (Å²) in [5.74, 6) is 5.03. The van der Waals surface area contributed by atoms with Crippen molar-refractivity contribution in [3.63, 3.8) is 0 Å². The molecule has 28 heteroatoms. The molecule has 0 amide bonds. The summed E-state index contributed by atoms with van der Waals surface area (Å²) in [7, 11) is 0. The van der Waals surface area contributed by atoms with Crippen LogP contribution in [-0.2, 0) is 38.9 Å². The fourth-order valence-corrected chi connectivity index (χ4v) is 18.1. The minimum absolute atomic E-state index is 0.100. The summed E-state index contributed by atoms with van der Waals surface area (Å²) in [6.07, 6.45) is 22.8. The molecule has 6 unspecified atom stereocenters. The summed E-state index contributed by atoms with van der Waals surface area (Å²) >= 11 is 1.59. The van der Waals surface area contributed by atoms with Gasteiger partial charge in [0.15, 0.2) is 17.5 Å². The van der Waals surface area contributed by atoms with Crippen LogP contribution in [0.3, 0.4) is 0 Å². The van der Waals surface area contributed by atoms with Crippen molar-refractivity contribution in [2.45, 2.75) is 142 Å². The third kappa shape index (κ3) is 17.4. The average Bonchev–Trinajstić information content (AvgIpc) is 1.00. The first-order chi connectivity index (χ1) is 58.1. The minimum Gasteiger partial charge on any atom is -0.353 e. The second-order valence-corrected chi connectivity index (χ2v) is 33.2. The largest absolute Gasteiger partial charge is 0.353 e. The number of halogens is 1. The molecule has 14 aromatic rings. The van der Waals surface area contributed by atoms with E-state index >= 15 is 0 Å². The molecule has 10 aliphatic rings. The monoisotopic (exact) mass is 1600 g/mol. The number of aryl methyl sites for hydroxylation is 6. The van der Waals surface area contributed by atoms with E-state index in [1.807, 2.05) is 156 Å². The standard InChI is InChI=1S/C31H31FN8.C31H31N9.C29H29N9S/c1-19-9-25(12-26-10-20(2)37-38-26)36-31(35-19)23-5-8-30(34-15-23)39-17-27-13-28(18-39)40(27)16-21-3-7-29(33-14-21)22-4-6-24(32)11-22;1-20-11-24(13-25-12-21(2)37-38-25)36-31(35-20)23-7-9-30(34-16-23)39-18-26-14-27(19-39)40(26)17-22-6-8-29(33-15-22)28-5-3-4-10-32-28;1-18-7-22(9-23-8-19(2)35-36-23)34-29(33-18)21-4-6-28(31-12-21)37-14-24-10-25(15-37)38(24)13-20-3-5-26(30-11-20)27-16-39-17-32-27/h3-10,14-15,27-28H,11-13,16-18H2,1-2H3,(H,37,38);3-12,15-16,26-27H,13-14,17-19H2,1-2H3,(H,37,38);3-8,11-12,16-17,24-25H,9-10,13-15H2,1-2H3,(H,35,36). The van der Waals surface area contributed by atoms with Crippen LogP contribution < -0.4 is 14.7 Å². The molecule has 9 saturated heterocycles. The molecule has 9 fully saturated rings.